The highest BCUT2D eigenvalue weighted by Gasteiger charge is 2.23. The molecule has 1 N–H and O–H groups in total. The zero-order chi connectivity index (χ0) is 16.8. The van der Waals surface area contributed by atoms with Gasteiger partial charge >= 0.3 is 0 Å². The van der Waals surface area contributed by atoms with Gasteiger partial charge in [0, 0.05) is 32.7 Å². The Balaban J connectivity index is 1.40. The Morgan fingerprint density at radius 3 is 2.54 bits per heavy atom. The monoisotopic (exact) mass is 330 g/mol. The lowest BCUT2D eigenvalue weighted by Crippen LogP contribution is -2.50. The summed E-state index contributed by atoms with van der Waals surface area (Å²) in [5.74, 6) is 1.26. The molecule has 0 unspecified atom stereocenters. The SMILES string of the molecule is O=C(COc1ccccc1)N1CCN(C[C@@H](O)c2ccco2)CC1. The molecule has 0 saturated carbocycles. The number of hydrogen-bond acceptors (Lipinski definition) is 5. The first-order valence-electron chi connectivity index (χ1n) is 8.12. The summed E-state index contributed by atoms with van der Waals surface area (Å²) in [6, 6.07) is 12.9. The molecule has 2 aromatic rings. The van der Waals surface area contributed by atoms with E-state index in [1.54, 1.807) is 23.3 Å². The van der Waals surface area contributed by atoms with Crippen LogP contribution in [0.5, 0.6) is 5.75 Å². The topological polar surface area (TPSA) is 66.2 Å². The highest BCUT2D eigenvalue weighted by Crippen LogP contribution is 2.16. The maximum Gasteiger partial charge on any atom is 0.260 e. The van der Waals surface area contributed by atoms with Gasteiger partial charge in [-0.15, -0.1) is 0 Å². The highest BCUT2D eigenvalue weighted by molar-refractivity contribution is 5.77. The Bertz CT molecular complexity index is 622. The van der Waals surface area contributed by atoms with E-state index in [9.17, 15) is 9.90 Å². The van der Waals surface area contributed by atoms with Crippen LogP contribution in [0.25, 0.3) is 0 Å². The molecule has 6 heteroatoms. The fourth-order valence-corrected chi connectivity index (χ4v) is 2.75. The lowest BCUT2D eigenvalue weighted by molar-refractivity contribution is -0.135. The molecule has 0 bridgehead atoms. The zero-order valence-electron chi connectivity index (χ0n) is 13.5. The minimum Gasteiger partial charge on any atom is -0.484 e. The molecule has 0 spiro atoms. The largest absolute Gasteiger partial charge is 0.484 e. The molecule has 1 aromatic carbocycles. The van der Waals surface area contributed by atoms with Gasteiger partial charge in [0.15, 0.2) is 6.61 Å². The van der Waals surface area contributed by atoms with Crippen molar-refractivity contribution >= 4 is 5.91 Å². The van der Waals surface area contributed by atoms with Crippen LogP contribution < -0.4 is 4.74 Å². The summed E-state index contributed by atoms with van der Waals surface area (Å²) >= 11 is 0. The molecule has 128 valence electrons. The molecular weight excluding hydrogens is 308 g/mol. The van der Waals surface area contributed by atoms with Crippen molar-refractivity contribution in [3.63, 3.8) is 0 Å². The molecule has 1 atom stereocenters. The summed E-state index contributed by atoms with van der Waals surface area (Å²) in [6.07, 6.45) is 0.922. The minimum absolute atomic E-state index is 0.00918. The third-order valence-corrected chi connectivity index (χ3v) is 4.13. The van der Waals surface area contributed by atoms with Gasteiger partial charge in [0.25, 0.3) is 5.91 Å². The normalized spacial score (nSPS) is 16.8. The Morgan fingerprint density at radius 1 is 1.12 bits per heavy atom. The van der Waals surface area contributed by atoms with Crippen LogP contribution in [0.3, 0.4) is 0 Å². The molecule has 0 aliphatic carbocycles. The van der Waals surface area contributed by atoms with Crippen LogP contribution in [0.4, 0.5) is 0 Å². The molecule has 1 saturated heterocycles. The number of β-amino-alcohol motifs (C(OH)–C–C–N with tert-alkyl or cyclic N) is 1. The van der Waals surface area contributed by atoms with E-state index in [4.69, 9.17) is 9.15 Å². The van der Waals surface area contributed by atoms with Gasteiger partial charge in [0.05, 0.1) is 6.26 Å². The summed E-state index contributed by atoms with van der Waals surface area (Å²) in [5, 5.41) is 10.1. The van der Waals surface area contributed by atoms with Crippen molar-refractivity contribution in [3.8, 4) is 5.75 Å². The average Bonchev–Trinajstić information content (AvgIpc) is 3.16. The Labute approximate surface area is 141 Å². The predicted octanol–water partition coefficient (Wildman–Crippen LogP) is 1.54. The second-order valence-electron chi connectivity index (χ2n) is 5.81. The Kier molecular flexibility index (Phi) is 5.51. The molecule has 24 heavy (non-hydrogen) atoms. The number of para-hydroxylation sites is 1. The van der Waals surface area contributed by atoms with Crippen molar-refractivity contribution in [2.45, 2.75) is 6.10 Å². The Hall–Kier alpha value is -2.31. The van der Waals surface area contributed by atoms with Crippen LogP contribution in [0.1, 0.15) is 11.9 Å². The number of aliphatic hydroxyl groups excluding tert-OH is 1. The number of nitrogens with zero attached hydrogens (tertiary/aromatic N) is 2. The van der Waals surface area contributed by atoms with Crippen LogP contribution >= 0.6 is 0 Å². The number of carbonyl (C=O) groups excluding carboxylic acids is 1. The van der Waals surface area contributed by atoms with Crippen molar-refractivity contribution in [3.05, 3.63) is 54.5 Å². The fraction of sp³-hybridized carbons (Fsp3) is 0.389. The molecule has 1 aromatic heterocycles. The number of carbonyl (C=O) groups is 1. The molecule has 2 heterocycles. The van der Waals surface area contributed by atoms with Crippen molar-refractivity contribution in [2.24, 2.45) is 0 Å². The first kappa shape index (κ1) is 16.5. The number of ether oxygens (including phenoxy) is 1. The smallest absolute Gasteiger partial charge is 0.260 e. The molecule has 3 rings (SSSR count). The van der Waals surface area contributed by atoms with Crippen LogP contribution in [-0.4, -0.2) is 60.1 Å². The highest BCUT2D eigenvalue weighted by atomic mass is 16.5. The first-order chi connectivity index (χ1) is 11.7. The summed E-state index contributed by atoms with van der Waals surface area (Å²) in [7, 11) is 0. The molecule has 1 fully saturated rings. The van der Waals surface area contributed by atoms with E-state index in [1.807, 2.05) is 30.3 Å². The predicted molar refractivity (Wildman–Crippen MR) is 88.6 cm³/mol. The second-order valence-corrected chi connectivity index (χ2v) is 5.81. The van der Waals surface area contributed by atoms with Crippen LogP contribution in [0, 0.1) is 0 Å². The van der Waals surface area contributed by atoms with Gasteiger partial charge in [-0.1, -0.05) is 18.2 Å². The van der Waals surface area contributed by atoms with Gasteiger partial charge in [-0.3, -0.25) is 9.69 Å². The molecular formula is C18H22N2O4. The quantitative estimate of drug-likeness (QED) is 0.870. The van der Waals surface area contributed by atoms with Gasteiger partial charge in [0.1, 0.15) is 17.6 Å². The van der Waals surface area contributed by atoms with Crippen LogP contribution in [0.15, 0.2) is 53.1 Å². The number of benzene rings is 1. The second kappa shape index (κ2) is 7.99. The third-order valence-electron chi connectivity index (χ3n) is 4.13. The third kappa shape index (κ3) is 4.37. The van der Waals surface area contributed by atoms with E-state index in [0.29, 0.717) is 31.1 Å². The lowest BCUT2D eigenvalue weighted by atomic mass is 10.2. The molecule has 6 nitrogen and oxygen atoms in total. The van der Waals surface area contributed by atoms with Crippen LogP contribution in [-0.2, 0) is 4.79 Å². The number of aliphatic hydroxyl groups is 1. The zero-order valence-corrected chi connectivity index (χ0v) is 13.5. The number of hydrogen-bond donors (Lipinski definition) is 1. The van der Waals surface area contributed by atoms with Gasteiger partial charge < -0.3 is 19.2 Å². The van der Waals surface area contributed by atoms with E-state index in [0.717, 1.165) is 13.1 Å². The van der Waals surface area contributed by atoms with Crippen molar-refractivity contribution in [1.29, 1.82) is 0 Å². The number of amides is 1. The van der Waals surface area contributed by atoms with Crippen molar-refractivity contribution in [2.75, 3.05) is 39.3 Å². The van der Waals surface area contributed by atoms with Gasteiger partial charge in [0.2, 0.25) is 0 Å². The van der Waals surface area contributed by atoms with E-state index >= 15 is 0 Å². The van der Waals surface area contributed by atoms with Gasteiger partial charge in [-0.25, -0.2) is 0 Å². The fourth-order valence-electron chi connectivity index (χ4n) is 2.75. The van der Waals surface area contributed by atoms with Crippen LogP contribution in [0.2, 0.25) is 0 Å². The molecule has 0 radical (unpaired) electrons. The standard InChI is InChI=1S/C18H22N2O4/c21-16(17-7-4-12-23-17)13-19-8-10-20(11-9-19)18(22)14-24-15-5-2-1-3-6-15/h1-7,12,16,21H,8-11,13-14H2/t16-/m1/s1. The molecule has 1 aliphatic rings. The summed E-state index contributed by atoms with van der Waals surface area (Å²) < 4.78 is 10.7. The van der Waals surface area contributed by atoms with E-state index in [-0.39, 0.29) is 12.5 Å². The van der Waals surface area contributed by atoms with E-state index < -0.39 is 6.10 Å². The molecule has 1 amide bonds. The summed E-state index contributed by atoms with van der Waals surface area (Å²) in [6.45, 7) is 3.31. The lowest BCUT2D eigenvalue weighted by Gasteiger charge is -2.35. The first-order valence-corrected chi connectivity index (χ1v) is 8.12. The van der Waals surface area contributed by atoms with Gasteiger partial charge in [-0.05, 0) is 24.3 Å². The summed E-state index contributed by atoms with van der Waals surface area (Å²) in [5.41, 5.74) is 0. The average molecular weight is 330 g/mol. The van der Waals surface area contributed by atoms with E-state index in [2.05, 4.69) is 4.90 Å². The van der Waals surface area contributed by atoms with Gasteiger partial charge in [-0.2, -0.15) is 0 Å². The maximum absolute atomic E-state index is 12.2. The summed E-state index contributed by atoms with van der Waals surface area (Å²) in [4.78, 5) is 16.1. The molecule has 1 aliphatic heterocycles. The van der Waals surface area contributed by atoms with Crippen molar-refractivity contribution in [1.82, 2.24) is 9.80 Å². The number of rotatable bonds is 6. The maximum atomic E-state index is 12.2. The Morgan fingerprint density at radius 2 is 1.88 bits per heavy atom. The van der Waals surface area contributed by atoms with Crippen molar-refractivity contribution < 1.29 is 19.1 Å². The number of furan rings is 1. The minimum atomic E-state index is -0.635. The number of piperazine rings is 1. The van der Waals surface area contributed by atoms with E-state index in [1.165, 1.54) is 0 Å².